The molecule has 2 rings (SSSR count). The largest absolute Gasteiger partial charge is 0.456 e. The summed E-state index contributed by atoms with van der Waals surface area (Å²) in [5.74, 6) is 1.84. The van der Waals surface area contributed by atoms with Crippen LogP contribution in [0.2, 0.25) is 0 Å². The Morgan fingerprint density at radius 1 is 1.53 bits per heavy atom. The van der Waals surface area contributed by atoms with Crippen LogP contribution >= 0.6 is 0 Å². The summed E-state index contributed by atoms with van der Waals surface area (Å²) >= 11 is 0. The maximum atomic E-state index is 12.3. The zero-order chi connectivity index (χ0) is 13.8. The smallest absolute Gasteiger partial charge is 0.289 e. The Labute approximate surface area is 115 Å². The molecule has 1 aliphatic rings. The molecule has 0 radical (unpaired) electrons. The van der Waals surface area contributed by atoms with Gasteiger partial charge < -0.3 is 14.6 Å². The molecule has 0 bridgehead atoms. The van der Waals surface area contributed by atoms with E-state index in [4.69, 9.17) is 4.42 Å². The fourth-order valence-electron chi connectivity index (χ4n) is 2.52. The molecule has 1 fully saturated rings. The number of carbonyl (C=O) groups is 1. The summed E-state index contributed by atoms with van der Waals surface area (Å²) in [4.78, 5) is 14.2. The highest BCUT2D eigenvalue weighted by Gasteiger charge is 2.25. The molecule has 0 spiro atoms. The third kappa shape index (κ3) is 3.83. The van der Waals surface area contributed by atoms with Crippen LogP contribution in [0.5, 0.6) is 0 Å². The van der Waals surface area contributed by atoms with Gasteiger partial charge in [0.1, 0.15) is 5.76 Å². The molecule has 1 N–H and O–H groups in total. The average Bonchev–Trinajstić information content (AvgIpc) is 2.82. The lowest BCUT2D eigenvalue weighted by atomic mass is 9.97. The van der Waals surface area contributed by atoms with Gasteiger partial charge in [0.25, 0.3) is 5.91 Å². The second kappa shape index (κ2) is 6.24. The minimum Gasteiger partial charge on any atom is -0.456 e. The van der Waals surface area contributed by atoms with E-state index >= 15 is 0 Å². The second-order valence-corrected chi connectivity index (χ2v) is 5.73. The van der Waals surface area contributed by atoms with Crippen molar-refractivity contribution in [3.63, 3.8) is 0 Å². The summed E-state index contributed by atoms with van der Waals surface area (Å²) in [6, 6.07) is 4.11. The van der Waals surface area contributed by atoms with E-state index in [1.54, 1.807) is 6.07 Å². The molecular formula is C15H24N2O2. The molecule has 1 atom stereocenters. The van der Waals surface area contributed by atoms with E-state index in [0.717, 1.165) is 31.8 Å². The lowest BCUT2D eigenvalue weighted by molar-refractivity contribution is 0.0639. The molecule has 0 aliphatic carbocycles. The van der Waals surface area contributed by atoms with Crippen molar-refractivity contribution in [3.05, 3.63) is 23.7 Å². The van der Waals surface area contributed by atoms with E-state index in [0.29, 0.717) is 17.7 Å². The number of nitrogens with zero attached hydrogens (tertiary/aromatic N) is 1. The van der Waals surface area contributed by atoms with Gasteiger partial charge in [0.15, 0.2) is 5.76 Å². The highest BCUT2D eigenvalue weighted by molar-refractivity contribution is 5.91. The molecule has 1 unspecified atom stereocenters. The third-order valence-corrected chi connectivity index (χ3v) is 3.57. The van der Waals surface area contributed by atoms with Gasteiger partial charge in [-0.05, 0) is 44.4 Å². The molecule has 1 aliphatic heterocycles. The molecule has 0 saturated carbocycles. The number of nitrogens with one attached hydrogen (secondary N) is 1. The first kappa shape index (κ1) is 14.1. The van der Waals surface area contributed by atoms with Gasteiger partial charge in [-0.15, -0.1) is 0 Å². The van der Waals surface area contributed by atoms with E-state index in [-0.39, 0.29) is 5.91 Å². The van der Waals surface area contributed by atoms with Gasteiger partial charge in [-0.3, -0.25) is 4.79 Å². The Balaban J connectivity index is 1.91. The summed E-state index contributed by atoms with van der Waals surface area (Å²) in [5, 5.41) is 3.46. The first-order chi connectivity index (χ1) is 9.06. The fraction of sp³-hybridized carbons (Fsp3) is 0.667. The van der Waals surface area contributed by atoms with Crippen LogP contribution in [0.1, 0.15) is 43.0 Å². The number of furan rings is 1. The van der Waals surface area contributed by atoms with Crippen LogP contribution in [-0.2, 0) is 0 Å². The predicted molar refractivity (Wildman–Crippen MR) is 75.2 cm³/mol. The SMILES string of the molecule is Cc1ccc(C(=O)N2CCCC(CNC(C)C)C2)o1. The van der Waals surface area contributed by atoms with Crippen LogP contribution in [0.4, 0.5) is 0 Å². The van der Waals surface area contributed by atoms with E-state index in [9.17, 15) is 4.79 Å². The maximum Gasteiger partial charge on any atom is 0.289 e. The van der Waals surface area contributed by atoms with Gasteiger partial charge in [0, 0.05) is 19.1 Å². The number of hydrogen-bond donors (Lipinski definition) is 1. The normalized spacial score (nSPS) is 20.0. The zero-order valence-corrected chi connectivity index (χ0v) is 12.1. The van der Waals surface area contributed by atoms with E-state index in [1.807, 2.05) is 17.9 Å². The first-order valence-electron chi connectivity index (χ1n) is 7.15. The molecule has 2 heterocycles. The van der Waals surface area contributed by atoms with E-state index < -0.39 is 0 Å². The second-order valence-electron chi connectivity index (χ2n) is 5.73. The molecule has 1 aromatic heterocycles. The van der Waals surface area contributed by atoms with Crippen LogP contribution in [0.15, 0.2) is 16.5 Å². The number of likely N-dealkylation sites (tertiary alicyclic amines) is 1. The lowest BCUT2D eigenvalue weighted by Gasteiger charge is -2.32. The van der Waals surface area contributed by atoms with Crippen LogP contribution in [0.3, 0.4) is 0 Å². The summed E-state index contributed by atoms with van der Waals surface area (Å²) in [6.07, 6.45) is 2.27. The number of piperidine rings is 1. The molecule has 1 amide bonds. The van der Waals surface area contributed by atoms with Crippen molar-refractivity contribution >= 4 is 5.91 Å². The minimum atomic E-state index is 0.0300. The topological polar surface area (TPSA) is 45.5 Å². The predicted octanol–water partition coefficient (Wildman–Crippen LogP) is 2.44. The van der Waals surface area contributed by atoms with Crippen molar-refractivity contribution in [2.24, 2.45) is 5.92 Å². The molecule has 0 aromatic carbocycles. The van der Waals surface area contributed by atoms with Gasteiger partial charge in [-0.2, -0.15) is 0 Å². The quantitative estimate of drug-likeness (QED) is 0.908. The average molecular weight is 264 g/mol. The molecular weight excluding hydrogens is 240 g/mol. The molecule has 19 heavy (non-hydrogen) atoms. The molecule has 4 heteroatoms. The molecule has 1 saturated heterocycles. The molecule has 106 valence electrons. The fourth-order valence-corrected chi connectivity index (χ4v) is 2.52. The van der Waals surface area contributed by atoms with Gasteiger partial charge in [0.05, 0.1) is 0 Å². The highest BCUT2D eigenvalue weighted by atomic mass is 16.3. The van der Waals surface area contributed by atoms with Crippen LogP contribution in [-0.4, -0.2) is 36.5 Å². The number of rotatable bonds is 4. The molecule has 4 nitrogen and oxygen atoms in total. The van der Waals surface area contributed by atoms with Crippen molar-refractivity contribution in [1.82, 2.24) is 10.2 Å². The number of hydrogen-bond acceptors (Lipinski definition) is 3. The van der Waals surface area contributed by atoms with Crippen molar-refractivity contribution in [2.75, 3.05) is 19.6 Å². The monoisotopic (exact) mass is 264 g/mol. The van der Waals surface area contributed by atoms with Gasteiger partial charge in [0.2, 0.25) is 0 Å². The number of carbonyl (C=O) groups excluding carboxylic acids is 1. The van der Waals surface area contributed by atoms with Crippen molar-refractivity contribution in [1.29, 1.82) is 0 Å². The Morgan fingerprint density at radius 3 is 2.95 bits per heavy atom. The summed E-state index contributed by atoms with van der Waals surface area (Å²) in [7, 11) is 0. The number of amides is 1. The Hall–Kier alpha value is -1.29. The van der Waals surface area contributed by atoms with Crippen LogP contribution < -0.4 is 5.32 Å². The molecule has 1 aromatic rings. The van der Waals surface area contributed by atoms with Crippen LogP contribution in [0.25, 0.3) is 0 Å². The van der Waals surface area contributed by atoms with Gasteiger partial charge in [-0.1, -0.05) is 13.8 Å². The standard InChI is InChI=1S/C15H24N2O2/c1-11(2)16-9-13-5-4-8-17(10-13)15(18)14-7-6-12(3)19-14/h6-7,11,13,16H,4-5,8-10H2,1-3H3. The summed E-state index contributed by atoms with van der Waals surface area (Å²) < 4.78 is 5.43. The first-order valence-corrected chi connectivity index (χ1v) is 7.15. The lowest BCUT2D eigenvalue weighted by Crippen LogP contribution is -2.43. The Kier molecular flexibility index (Phi) is 4.64. The number of aryl methyl sites for hydroxylation is 1. The van der Waals surface area contributed by atoms with E-state index in [2.05, 4.69) is 19.2 Å². The van der Waals surface area contributed by atoms with Crippen LogP contribution in [0, 0.1) is 12.8 Å². The third-order valence-electron chi connectivity index (χ3n) is 3.57. The maximum absolute atomic E-state index is 12.3. The summed E-state index contributed by atoms with van der Waals surface area (Å²) in [6.45, 7) is 8.82. The Morgan fingerprint density at radius 2 is 2.32 bits per heavy atom. The van der Waals surface area contributed by atoms with Crippen molar-refractivity contribution in [3.8, 4) is 0 Å². The highest BCUT2D eigenvalue weighted by Crippen LogP contribution is 2.19. The van der Waals surface area contributed by atoms with Gasteiger partial charge in [-0.25, -0.2) is 0 Å². The summed E-state index contributed by atoms with van der Waals surface area (Å²) in [5.41, 5.74) is 0. The minimum absolute atomic E-state index is 0.0300. The van der Waals surface area contributed by atoms with Crippen molar-refractivity contribution < 1.29 is 9.21 Å². The van der Waals surface area contributed by atoms with E-state index in [1.165, 1.54) is 6.42 Å². The van der Waals surface area contributed by atoms with Crippen molar-refractivity contribution in [2.45, 2.75) is 39.7 Å². The zero-order valence-electron chi connectivity index (χ0n) is 12.1. The van der Waals surface area contributed by atoms with Gasteiger partial charge >= 0.3 is 0 Å². The Bertz CT molecular complexity index is 426.